The zero-order chi connectivity index (χ0) is 25.7. The van der Waals surface area contributed by atoms with E-state index in [4.69, 9.17) is 4.74 Å². The Kier molecular flexibility index (Phi) is 8.23. The predicted molar refractivity (Wildman–Crippen MR) is 149 cm³/mol. The third kappa shape index (κ3) is 6.06. The zero-order valence-electron chi connectivity index (χ0n) is 22.4. The molecule has 4 aliphatic carbocycles. The largest absolute Gasteiger partial charge is 0.493 e. The fraction of sp³-hybridized carbons (Fsp3) is 0.559. The molecule has 0 unspecified atom stereocenters. The molecule has 4 fully saturated rings. The van der Waals surface area contributed by atoms with Crippen LogP contribution >= 0.6 is 0 Å². The average molecular weight is 499 g/mol. The number of rotatable bonds is 11. The van der Waals surface area contributed by atoms with Gasteiger partial charge in [0.05, 0.1) is 12.2 Å². The first kappa shape index (κ1) is 25.9. The molecule has 196 valence electrons. The van der Waals surface area contributed by atoms with Crippen molar-refractivity contribution < 1.29 is 14.6 Å². The highest BCUT2D eigenvalue weighted by Gasteiger charge is 2.52. The number of aromatic carboxylic acids is 1. The van der Waals surface area contributed by atoms with Gasteiger partial charge in [-0.25, -0.2) is 4.79 Å². The monoisotopic (exact) mass is 498 g/mol. The number of benzene rings is 2. The topological polar surface area (TPSA) is 46.5 Å². The van der Waals surface area contributed by atoms with E-state index in [1.807, 2.05) is 6.07 Å². The fourth-order valence-corrected chi connectivity index (χ4v) is 7.75. The van der Waals surface area contributed by atoms with E-state index < -0.39 is 5.97 Å². The van der Waals surface area contributed by atoms with Crippen molar-refractivity contribution in [2.24, 2.45) is 17.8 Å². The molecule has 0 aliphatic heterocycles. The minimum Gasteiger partial charge on any atom is -0.493 e. The van der Waals surface area contributed by atoms with Crippen molar-refractivity contribution in [3.05, 3.63) is 64.7 Å². The minimum absolute atomic E-state index is 0.223. The van der Waals surface area contributed by atoms with Crippen molar-refractivity contribution in [1.82, 2.24) is 0 Å². The van der Waals surface area contributed by atoms with Gasteiger partial charge in [0.15, 0.2) is 0 Å². The second-order valence-corrected chi connectivity index (χ2v) is 12.0. The molecular formula is C34H42O3. The summed E-state index contributed by atoms with van der Waals surface area (Å²) in [5, 5.41) is 9.53. The van der Waals surface area contributed by atoms with E-state index in [0.717, 1.165) is 42.1 Å². The van der Waals surface area contributed by atoms with Crippen molar-refractivity contribution in [2.75, 3.05) is 6.61 Å². The second kappa shape index (κ2) is 11.8. The van der Waals surface area contributed by atoms with Crippen LogP contribution in [0.4, 0.5) is 0 Å². The predicted octanol–water partition coefficient (Wildman–Crippen LogP) is 8.38. The molecule has 2 aromatic carbocycles. The molecular weight excluding hydrogens is 456 g/mol. The third-order valence-corrected chi connectivity index (χ3v) is 9.09. The first-order valence-corrected chi connectivity index (χ1v) is 14.7. The number of ether oxygens (including phenoxy) is 1. The number of carboxylic acids is 1. The molecule has 4 saturated carbocycles. The Hall–Kier alpha value is -2.73. The van der Waals surface area contributed by atoms with Crippen LogP contribution in [-0.4, -0.2) is 17.7 Å². The second-order valence-electron chi connectivity index (χ2n) is 12.0. The molecule has 2 aromatic rings. The zero-order valence-corrected chi connectivity index (χ0v) is 22.4. The molecule has 1 N–H and O–H groups in total. The summed E-state index contributed by atoms with van der Waals surface area (Å²) in [7, 11) is 0. The molecule has 0 saturated heterocycles. The fourth-order valence-electron chi connectivity index (χ4n) is 7.75. The van der Waals surface area contributed by atoms with Crippen LogP contribution in [0.5, 0.6) is 5.75 Å². The lowest BCUT2D eigenvalue weighted by molar-refractivity contribution is -0.00641. The normalized spacial score (nSPS) is 25.5. The van der Waals surface area contributed by atoms with E-state index in [2.05, 4.69) is 37.0 Å². The SMILES string of the molecule is CCCCCCCCCOc1ccc(C#Cc2ccccc2C(=O)O)cc1C12CC3CC(CC(C3)C1)C2. The van der Waals surface area contributed by atoms with Gasteiger partial charge in [0.25, 0.3) is 0 Å². The third-order valence-electron chi connectivity index (χ3n) is 9.09. The number of carboxylic acid groups (broad SMARTS) is 1. The Bertz CT molecular complexity index is 1120. The molecule has 0 radical (unpaired) electrons. The molecule has 4 bridgehead atoms. The summed E-state index contributed by atoms with van der Waals surface area (Å²) in [6.07, 6.45) is 17.1. The van der Waals surface area contributed by atoms with Crippen LogP contribution in [0.3, 0.4) is 0 Å². The van der Waals surface area contributed by atoms with Gasteiger partial charge in [-0.3, -0.25) is 0 Å². The van der Waals surface area contributed by atoms with E-state index >= 15 is 0 Å². The quantitative estimate of drug-likeness (QED) is 0.250. The van der Waals surface area contributed by atoms with Crippen molar-refractivity contribution >= 4 is 5.97 Å². The molecule has 3 nitrogen and oxygen atoms in total. The van der Waals surface area contributed by atoms with Gasteiger partial charge in [-0.1, -0.05) is 69.4 Å². The first-order valence-electron chi connectivity index (χ1n) is 14.7. The molecule has 0 amide bonds. The lowest BCUT2D eigenvalue weighted by Gasteiger charge is -2.57. The Morgan fingerprint density at radius 3 is 2.22 bits per heavy atom. The smallest absolute Gasteiger partial charge is 0.336 e. The van der Waals surface area contributed by atoms with E-state index in [1.165, 1.54) is 82.6 Å². The Balaban J connectivity index is 1.36. The highest BCUT2D eigenvalue weighted by Crippen LogP contribution is 2.62. The van der Waals surface area contributed by atoms with Gasteiger partial charge >= 0.3 is 5.97 Å². The minimum atomic E-state index is -0.937. The van der Waals surface area contributed by atoms with E-state index in [1.54, 1.807) is 18.2 Å². The van der Waals surface area contributed by atoms with Crippen molar-refractivity contribution in [3.63, 3.8) is 0 Å². The van der Waals surface area contributed by atoms with Gasteiger partial charge in [-0.15, -0.1) is 0 Å². The van der Waals surface area contributed by atoms with Gasteiger partial charge < -0.3 is 9.84 Å². The summed E-state index contributed by atoms with van der Waals surface area (Å²) in [6, 6.07) is 13.5. The van der Waals surface area contributed by atoms with Crippen LogP contribution in [0.2, 0.25) is 0 Å². The molecule has 0 atom stereocenters. The van der Waals surface area contributed by atoms with Crippen LogP contribution in [-0.2, 0) is 5.41 Å². The van der Waals surface area contributed by atoms with E-state index in [0.29, 0.717) is 5.56 Å². The number of hydrogen-bond donors (Lipinski definition) is 1. The van der Waals surface area contributed by atoms with Crippen LogP contribution < -0.4 is 4.74 Å². The Labute approximate surface area is 223 Å². The average Bonchev–Trinajstić information content (AvgIpc) is 2.88. The van der Waals surface area contributed by atoms with Gasteiger partial charge in [0, 0.05) is 16.7 Å². The number of hydrogen-bond acceptors (Lipinski definition) is 2. The summed E-state index contributed by atoms with van der Waals surface area (Å²) in [4.78, 5) is 11.6. The van der Waals surface area contributed by atoms with Crippen molar-refractivity contribution in [2.45, 2.75) is 95.8 Å². The van der Waals surface area contributed by atoms with Crippen LogP contribution in [0, 0.1) is 29.6 Å². The standard InChI is InChI=1S/C34H42O3/c1-2-3-4-5-6-7-10-17-37-32-16-14-25(13-15-29-11-8-9-12-30(29)33(35)36)21-31(32)34-22-26-18-27(23-34)20-28(19-26)24-34/h8-9,11-12,14,16,21,26-28H,2-7,10,17-20,22-24H2,1H3,(H,35,36). The van der Waals surface area contributed by atoms with Crippen LogP contribution in [0.1, 0.15) is 117 Å². The molecule has 6 rings (SSSR count). The lowest BCUT2D eigenvalue weighted by atomic mass is 9.48. The van der Waals surface area contributed by atoms with Gasteiger partial charge in [-0.05, 0) is 98.4 Å². The lowest BCUT2D eigenvalue weighted by Crippen LogP contribution is -2.48. The maximum absolute atomic E-state index is 11.6. The van der Waals surface area contributed by atoms with Gasteiger partial charge in [0.1, 0.15) is 5.75 Å². The molecule has 0 aromatic heterocycles. The number of unbranched alkanes of at least 4 members (excludes halogenated alkanes) is 6. The molecule has 3 heteroatoms. The summed E-state index contributed by atoms with van der Waals surface area (Å²) in [5.74, 6) is 9.13. The van der Waals surface area contributed by atoms with Gasteiger partial charge in [0.2, 0.25) is 0 Å². The van der Waals surface area contributed by atoms with Gasteiger partial charge in [-0.2, -0.15) is 0 Å². The summed E-state index contributed by atoms with van der Waals surface area (Å²) in [6.45, 7) is 3.05. The molecule has 0 heterocycles. The summed E-state index contributed by atoms with van der Waals surface area (Å²) >= 11 is 0. The maximum Gasteiger partial charge on any atom is 0.336 e. The highest BCUT2D eigenvalue weighted by atomic mass is 16.5. The summed E-state index contributed by atoms with van der Waals surface area (Å²) in [5.41, 5.74) is 3.36. The maximum atomic E-state index is 11.6. The first-order chi connectivity index (χ1) is 18.1. The number of carbonyl (C=O) groups is 1. The molecule has 0 spiro atoms. The van der Waals surface area contributed by atoms with Crippen LogP contribution in [0.15, 0.2) is 42.5 Å². The Morgan fingerprint density at radius 1 is 0.892 bits per heavy atom. The molecule has 4 aliphatic rings. The van der Waals surface area contributed by atoms with Crippen molar-refractivity contribution in [3.8, 4) is 17.6 Å². The van der Waals surface area contributed by atoms with Crippen LogP contribution in [0.25, 0.3) is 0 Å². The Morgan fingerprint density at radius 2 is 1.54 bits per heavy atom. The van der Waals surface area contributed by atoms with E-state index in [-0.39, 0.29) is 11.0 Å². The highest BCUT2D eigenvalue weighted by molar-refractivity contribution is 5.90. The summed E-state index contributed by atoms with van der Waals surface area (Å²) < 4.78 is 6.50. The van der Waals surface area contributed by atoms with E-state index in [9.17, 15) is 9.90 Å². The molecule has 37 heavy (non-hydrogen) atoms. The van der Waals surface area contributed by atoms with Crippen molar-refractivity contribution in [1.29, 1.82) is 0 Å².